The quantitative estimate of drug-likeness (QED) is 0.299. The van der Waals surface area contributed by atoms with Gasteiger partial charge in [-0.3, -0.25) is 4.79 Å². The van der Waals surface area contributed by atoms with Gasteiger partial charge in [0.15, 0.2) is 0 Å². The van der Waals surface area contributed by atoms with Crippen LogP contribution >= 0.6 is 0 Å². The molecule has 0 unspecified atom stereocenters. The van der Waals surface area contributed by atoms with E-state index in [0.717, 1.165) is 51.9 Å². The van der Waals surface area contributed by atoms with Crippen LogP contribution in [0.5, 0.6) is 5.75 Å². The standard InChI is InChI=1S/C30H28N4O2/c1-36-23-15-11-20(12-16-23)28-29-25(24-7-3-4-8-26(24)31-29)19-27(32-28)33-30(35)21-9-13-22(14-10-21)34-17-5-2-6-18-34/h3-4,7-16,19,31H,2,5-6,17-18H2,1H3,(H,32,33,35). The summed E-state index contributed by atoms with van der Waals surface area (Å²) in [4.78, 5) is 23.9. The van der Waals surface area contributed by atoms with Crippen molar-refractivity contribution < 1.29 is 9.53 Å². The van der Waals surface area contributed by atoms with E-state index in [4.69, 9.17) is 9.72 Å². The largest absolute Gasteiger partial charge is 0.497 e. The number of H-pyrrole nitrogens is 1. The molecular formula is C30H28N4O2. The van der Waals surface area contributed by atoms with Gasteiger partial charge in [0, 0.05) is 46.2 Å². The maximum absolute atomic E-state index is 13.2. The molecule has 2 aromatic heterocycles. The number of hydrogen-bond acceptors (Lipinski definition) is 4. The Labute approximate surface area is 209 Å². The van der Waals surface area contributed by atoms with Crippen molar-refractivity contribution in [2.75, 3.05) is 30.4 Å². The van der Waals surface area contributed by atoms with E-state index in [1.165, 1.54) is 24.9 Å². The zero-order chi connectivity index (χ0) is 24.5. The van der Waals surface area contributed by atoms with E-state index in [-0.39, 0.29) is 5.91 Å². The van der Waals surface area contributed by atoms with Gasteiger partial charge >= 0.3 is 0 Å². The molecule has 0 spiro atoms. The smallest absolute Gasteiger partial charge is 0.256 e. The van der Waals surface area contributed by atoms with Crippen LogP contribution in [0, 0.1) is 0 Å². The Kier molecular flexibility index (Phi) is 5.77. The number of hydrogen-bond donors (Lipinski definition) is 2. The highest BCUT2D eigenvalue weighted by molar-refractivity contribution is 6.13. The molecule has 6 nitrogen and oxygen atoms in total. The molecule has 1 aliphatic heterocycles. The van der Waals surface area contributed by atoms with Crippen LogP contribution in [0.1, 0.15) is 29.6 Å². The van der Waals surface area contributed by atoms with E-state index >= 15 is 0 Å². The second-order valence-corrected chi connectivity index (χ2v) is 9.23. The van der Waals surface area contributed by atoms with E-state index in [1.807, 2.05) is 66.7 Å². The summed E-state index contributed by atoms with van der Waals surface area (Å²) in [6, 6.07) is 25.8. The molecule has 2 N–H and O–H groups in total. The van der Waals surface area contributed by atoms with Gasteiger partial charge in [-0.25, -0.2) is 4.98 Å². The van der Waals surface area contributed by atoms with Crippen molar-refractivity contribution in [3.05, 3.63) is 84.4 Å². The monoisotopic (exact) mass is 476 g/mol. The number of carbonyl (C=O) groups excluding carboxylic acids is 1. The molecule has 0 atom stereocenters. The first-order valence-corrected chi connectivity index (χ1v) is 12.4. The molecule has 0 bridgehead atoms. The summed E-state index contributed by atoms with van der Waals surface area (Å²) in [5, 5.41) is 5.14. The summed E-state index contributed by atoms with van der Waals surface area (Å²) >= 11 is 0. The first kappa shape index (κ1) is 22.2. The lowest BCUT2D eigenvalue weighted by atomic mass is 10.1. The number of aromatic amines is 1. The molecule has 0 saturated carbocycles. The summed E-state index contributed by atoms with van der Waals surface area (Å²) < 4.78 is 5.32. The fraction of sp³-hybridized carbons (Fsp3) is 0.200. The Morgan fingerprint density at radius 2 is 1.67 bits per heavy atom. The van der Waals surface area contributed by atoms with Crippen LogP contribution in [-0.2, 0) is 0 Å². The lowest BCUT2D eigenvalue weighted by molar-refractivity contribution is 0.102. The lowest BCUT2D eigenvalue weighted by Gasteiger charge is -2.28. The van der Waals surface area contributed by atoms with Crippen molar-refractivity contribution in [1.82, 2.24) is 9.97 Å². The third-order valence-corrected chi connectivity index (χ3v) is 6.95. The highest BCUT2D eigenvalue weighted by Crippen LogP contribution is 2.34. The second-order valence-electron chi connectivity index (χ2n) is 9.23. The number of fused-ring (bicyclic) bond motifs is 3. The highest BCUT2D eigenvalue weighted by atomic mass is 16.5. The number of para-hydroxylation sites is 1. The zero-order valence-corrected chi connectivity index (χ0v) is 20.3. The van der Waals surface area contributed by atoms with Gasteiger partial charge in [-0.15, -0.1) is 0 Å². The fourth-order valence-electron chi connectivity index (χ4n) is 5.03. The number of methoxy groups -OCH3 is 1. The average molecular weight is 477 g/mol. The number of pyridine rings is 1. The van der Waals surface area contributed by atoms with Crippen LogP contribution < -0.4 is 15.0 Å². The normalized spacial score (nSPS) is 13.8. The zero-order valence-electron chi connectivity index (χ0n) is 20.3. The number of piperidine rings is 1. The predicted octanol–water partition coefficient (Wildman–Crippen LogP) is 6.63. The van der Waals surface area contributed by atoms with Gasteiger partial charge in [0.25, 0.3) is 5.91 Å². The van der Waals surface area contributed by atoms with Crippen LogP contribution in [0.25, 0.3) is 33.1 Å². The SMILES string of the molecule is COc1ccc(-c2nc(NC(=O)c3ccc(N4CCCCC4)cc3)cc3c2[nH]c2ccccc23)cc1. The second kappa shape index (κ2) is 9.38. The Hall–Kier alpha value is -4.32. The Balaban J connectivity index is 1.35. The Morgan fingerprint density at radius 1 is 0.917 bits per heavy atom. The first-order valence-electron chi connectivity index (χ1n) is 12.4. The summed E-state index contributed by atoms with van der Waals surface area (Å²) in [7, 11) is 1.65. The molecule has 0 radical (unpaired) electrons. The van der Waals surface area contributed by atoms with Crippen LogP contribution in [0.2, 0.25) is 0 Å². The first-order chi connectivity index (χ1) is 17.7. The van der Waals surface area contributed by atoms with E-state index in [2.05, 4.69) is 27.3 Å². The number of rotatable bonds is 5. The molecule has 1 amide bonds. The van der Waals surface area contributed by atoms with Crippen molar-refractivity contribution >= 4 is 39.2 Å². The molecule has 1 fully saturated rings. The molecule has 3 heterocycles. The van der Waals surface area contributed by atoms with Gasteiger partial charge < -0.3 is 19.9 Å². The molecule has 6 rings (SSSR count). The number of aromatic nitrogens is 2. The molecule has 3 aromatic carbocycles. The minimum absolute atomic E-state index is 0.174. The van der Waals surface area contributed by atoms with Gasteiger partial charge in [-0.1, -0.05) is 18.2 Å². The van der Waals surface area contributed by atoms with Crippen molar-refractivity contribution in [3.8, 4) is 17.0 Å². The van der Waals surface area contributed by atoms with Gasteiger partial charge in [0.1, 0.15) is 11.6 Å². The molecule has 5 aromatic rings. The van der Waals surface area contributed by atoms with Gasteiger partial charge in [0.05, 0.1) is 18.3 Å². The van der Waals surface area contributed by atoms with Gasteiger partial charge in [-0.05, 0) is 79.9 Å². The van der Waals surface area contributed by atoms with E-state index < -0.39 is 0 Å². The predicted molar refractivity (Wildman–Crippen MR) is 146 cm³/mol. The maximum Gasteiger partial charge on any atom is 0.256 e. The minimum Gasteiger partial charge on any atom is -0.497 e. The van der Waals surface area contributed by atoms with Crippen molar-refractivity contribution in [3.63, 3.8) is 0 Å². The summed E-state index contributed by atoms with van der Waals surface area (Å²) in [5.41, 5.74) is 5.47. The van der Waals surface area contributed by atoms with E-state index in [1.54, 1.807) is 7.11 Å². The summed E-state index contributed by atoms with van der Waals surface area (Å²) in [6.45, 7) is 2.16. The van der Waals surface area contributed by atoms with Crippen LogP contribution in [0.3, 0.4) is 0 Å². The molecule has 0 aliphatic carbocycles. The maximum atomic E-state index is 13.2. The molecule has 6 heteroatoms. The van der Waals surface area contributed by atoms with Crippen LogP contribution in [0.4, 0.5) is 11.5 Å². The fourth-order valence-corrected chi connectivity index (χ4v) is 5.03. The number of benzene rings is 3. The minimum atomic E-state index is -0.174. The number of carbonyl (C=O) groups is 1. The number of amides is 1. The van der Waals surface area contributed by atoms with Crippen molar-refractivity contribution in [2.45, 2.75) is 19.3 Å². The van der Waals surface area contributed by atoms with E-state index in [0.29, 0.717) is 11.4 Å². The third-order valence-electron chi connectivity index (χ3n) is 6.95. The van der Waals surface area contributed by atoms with Gasteiger partial charge in [0.2, 0.25) is 0 Å². The lowest BCUT2D eigenvalue weighted by Crippen LogP contribution is -2.29. The van der Waals surface area contributed by atoms with Crippen molar-refractivity contribution in [2.24, 2.45) is 0 Å². The summed E-state index contributed by atoms with van der Waals surface area (Å²) in [6.07, 6.45) is 3.74. The summed E-state index contributed by atoms with van der Waals surface area (Å²) in [5.74, 6) is 1.12. The Bertz CT molecular complexity index is 1530. The topological polar surface area (TPSA) is 70.2 Å². The van der Waals surface area contributed by atoms with Crippen molar-refractivity contribution in [1.29, 1.82) is 0 Å². The van der Waals surface area contributed by atoms with Crippen LogP contribution in [-0.4, -0.2) is 36.1 Å². The average Bonchev–Trinajstić information content (AvgIpc) is 3.32. The molecular weight excluding hydrogens is 448 g/mol. The highest BCUT2D eigenvalue weighted by Gasteiger charge is 2.16. The van der Waals surface area contributed by atoms with E-state index in [9.17, 15) is 4.79 Å². The number of anilines is 2. The van der Waals surface area contributed by atoms with Crippen LogP contribution in [0.15, 0.2) is 78.9 Å². The third kappa shape index (κ3) is 4.15. The molecule has 36 heavy (non-hydrogen) atoms. The number of nitrogens with one attached hydrogen (secondary N) is 2. The Morgan fingerprint density at radius 3 is 2.42 bits per heavy atom. The molecule has 180 valence electrons. The number of ether oxygens (including phenoxy) is 1. The molecule has 1 aliphatic rings. The molecule has 1 saturated heterocycles. The number of nitrogens with zero attached hydrogens (tertiary/aromatic N) is 2. The van der Waals surface area contributed by atoms with Gasteiger partial charge in [-0.2, -0.15) is 0 Å².